The smallest absolute Gasteiger partial charge is 0.480 e. The van der Waals surface area contributed by atoms with Crippen LogP contribution in [0, 0.1) is 41.8 Å². The van der Waals surface area contributed by atoms with Gasteiger partial charge in [0.1, 0.15) is 23.2 Å². The second kappa shape index (κ2) is 11.4. The molecule has 0 saturated heterocycles. The number of aryl methyl sites for hydroxylation is 1. The molecule has 0 unspecified atom stereocenters. The molecular weight excluding hydrogens is 593 g/mol. The van der Waals surface area contributed by atoms with Crippen LogP contribution in [0.25, 0.3) is 22.3 Å². The third-order valence-electron chi connectivity index (χ3n) is 5.55. The number of hydrogen-bond acceptors (Lipinski definition) is 3. The van der Waals surface area contributed by atoms with Crippen LogP contribution in [0.1, 0.15) is 5.56 Å². The molecule has 0 radical (unpaired) electrons. The fourth-order valence-electron chi connectivity index (χ4n) is 3.80. The highest BCUT2D eigenvalue weighted by atomic mass is 19.4. The number of rotatable bonds is 8. The normalized spacial score (nSPS) is 11.9. The predicted molar refractivity (Wildman–Crippen MR) is 126 cm³/mol. The Morgan fingerprint density at radius 2 is 1.19 bits per heavy atom. The molecule has 222 valence electrons. The molecule has 0 aliphatic heterocycles. The first kappa shape index (κ1) is 30.5. The molecule has 3 nitrogen and oxygen atoms in total. The molecule has 0 atom stereocenters. The first-order valence-electron chi connectivity index (χ1n) is 11.5. The van der Waals surface area contributed by atoms with Gasteiger partial charge in [0, 0.05) is 17.7 Å². The molecule has 0 aliphatic rings. The van der Waals surface area contributed by atoms with Gasteiger partial charge < -0.3 is 14.2 Å². The molecule has 4 aromatic carbocycles. The van der Waals surface area contributed by atoms with Gasteiger partial charge in [-0.05, 0) is 53.9 Å². The zero-order chi connectivity index (χ0) is 31.0. The second-order valence-electron chi connectivity index (χ2n) is 8.74. The van der Waals surface area contributed by atoms with Crippen molar-refractivity contribution < 1.29 is 62.5 Å². The summed E-state index contributed by atoms with van der Waals surface area (Å²) < 4.78 is 164. The molecule has 0 fully saturated rings. The van der Waals surface area contributed by atoms with Crippen molar-refractivity contribution in [3.8, 4) is 39.5 Å². The average Bonchev–Trinajstić information content (AvgIpc) is 2.84. The zero-order valence-electron chi connectivity index (χ0n) is 20.9. The van der Waals surface area contributed by atoms with Crippen LogP contribution in [0.15, 0.2) is 60.7 Å². The van der Waals surface area contributed by atoms with Crippen LogP contribution >= 0.6 is 0 Å². The maximum absolute atomic E-state index is 14.8. The van der Waals surface area contributed by atoms with Gasteiger partial charge in [-0.2, -0.15) is 8.78 Å². The van der Waals surface area contributed by atoms with Crippen LogP contribution in [0.5, 0.6) is 17.2 Å². The summed E-state index contributed by atoms with van der Waals surface area (Å²) in [5.41, 5.74) is -1.98. The minimum atomic E-state index is -5.41. The van der Waals surface area contributed by atoms with Gasteiger partial charge in [-0.1, -0.05) is 18.2 Å². The van der Waals surface area contributed by atoms with Crippen molar-refractivity contribution in [2.45, 2.75) is 19.4 Å². The van der Waals surface area contributed by atoms with Gasteiger partial charge in [-0.3, -0.25) is 0 Å². The zero-order valence-corrected chi connectivity index (χ0v) is 20.9. The summed E-state index contributed by atoms with van der Waals surface area (Å²) in [4.78, 5) is 0. The average molecular weight is 608 g/mol. The standard InChI is InChI=1S/C28H15F11O3/c1-13-2-5-24(19(30)6-13)40-12-27(35,36)41-16-10-20(31)25(21(32)11-16)14-3-4-17(18(29)7-14)15-8-22(33)26(23(34)9-15)42-28(37,38)39/h2-11H,12H2,1H3. The van der Waals surface area contributed by atoms with Crippen molar-refractivity contribution in [2.24, 2.45) is 0 Å². The Hall–Kier alpha value is -4.49. The molecule has 0 N–H and O–H groups in total. The van der Waals surface area contributed by atoms with E-state index in [0.717, 1.165) is 24.3 Å². The molecule has 0 bridgehead atoms. The van der Waals surface area contributed by atoms with Crippen molar-refractivity contribution in [3.63, 3.8) is 0 Å². The Bertz CT molecular complexity index is 1590. The Balaban J connectivity index is 1.55. The first-order chi connectivity index (χ1) is 19.5. The number of ether oxygens (including phenoxy) is 3. The van der Waals surface area contributed by atoms with Crippen LogP contribution in [0.3, 0.4) is 0 Å². The van der Waals surface area contributed by atoms with E-state index in [2.05, 4.69) is 9.47 Å². The quantitative estimate of drug-likeness (QED) is 0.187. The lowest BCUT2D eigenvalue weighted by atomic mass is 9.98. The monoisotopic (exact) mass is 608 g/mol. The van der Waals surface area contributed by atoms with Crippen molar-refractivity contribution in [1.82, 2.24) is 0 Å². The minimum absolute atomic E-state index is 0.354. The van der Waals surface area contributed by atoms with Crippen LogP contribution in [0.4, 0.5) is 48.3 Å². The molecule has 0 heterocycles. The van der Waals surface area contributed by atoms with Crippen LogP contribution in [0.2, 0.25) is 0 Å². The van der Waals surface area contributed by atoms with E-state index in [1.165, 1.54) is 6.07 Å². The highest BCUT2D eigenvalue weighted by Crippen LogP contribution is 2.37. The largest absolute Gasteiger partial charge is 0.573 e. The molecule has 0 aromatic heterocycles. The van der Waals surface area contributed by atoms with Gasteiger partial charge in [0.2, 0.25) is 5.75 Å². The molecular formula is C28H15F11O3. The van der Waals surface area contributed by atoms with E-state index in [-0.39, 0.29) is 0 Å². The number of alkyl halides is 5. The molecule has 0 spiro atoms. The van der Waals surface area contributed by atoms with Gasteiger partial charge in [-0.25, -0.2) is 26.3 Å². The number of benzene rings is 4. The molecule has 4 aromatic rings. The number of hydrogen-bond donors (Lipinski definition) is 0. The lowest BCUT2D eigenvalue weighted by Crippen LogP contribution is -2.32. The summed E-state index contributed by atoms with van der Waals surface area (Å²) >= 11 is 0. The van der Waals surface area contributed by atoms with Gasteiger partial charge in [-0.15, -0.1) is 13.2 Å². The van der Waals surface area contributed by atoms with E-state index in [0.29, 0.717) is 35.9 Å². The van der Waals surface area contributed by atoms with Crippen LogP contribution < -0.4 is 14.2 Å². The van der Waals surface area contributed by atoms with Crippen molar-refractivity contribution in [2.75, 3.05) is 6.61 Å². The Kier molecular flexibility index (Phi) is 8.28. The van der Waals surface area contributed by atoms with E-state index in [9.17, 15) is 48.3 Å². The van der Waals surface area contributed by atoms with Crippen molar-refractivity contribution >= 4 is 0 Å². The highest BCUT2D eigenvalue weighted by molar-refractivity contribution is 5.72. The summed E-state index contributed by atoms with van der Waals surface area (Å²) in [5.74, 6) is -12.0. The summed E-state index contributed by atoms with van der Waals surface area (Å²) in [5, 5.41) is 0. The minimum Gasteiger partial charge on any atom is -0.480 e. The third kappa shape index (κ3) is 7.04. The van der Waals surface area contributed by atoms with Gasteiger partial charge in [0.05, 0.1) is 5.56 Å². The summed E-state index contributed by atoms with van der Waals surface area (Å²) in [6.07, 6.45) is -9.58. The molecule has 0 amide bonds. The van der Waals surface area contributed by atoms with E-state index in [1.807, 2.05) is 0 Å². The van der Waals surface area contributed by atoms with Gasteiger partial charge in [0.15, 0.2) is 29.8 Å². The molecule has 4 rings (SSSR count). The maximum atomic E-state index is 14.8. The Labute approximate surface area is 229 Å². The first-order valence-corrected chi connectivity index (χ1v) is 11.5. The van der Waals surface area contributed by atoms with E-state index < -0.39 is 93.5 Å². The van der Waals surface area contributed by atoms with Crippen LogP contribution in [-0.2, 0) is 0 Å². The van der Waals surface area contributed by atoms with Gasteiger partial charge in [0.25, 0.3) is 0 Å². The lowest BCUT2D eigenvalue weighted by Gasteiger charge is -2.19. The molecule has 14 heteroatoms. The Morgan fingerprint density at radius 1 is 0.595 bits per heavy atom. The fraction of sp³-hybridized carbons (Fsp3) is 0.143. The van der Waals surface area contributed by atoms with E-state index in [1.54, 1.807) is 6.92 Å². The third-order valence-corrected chi connectivity index (χ3v) is 5.55. The summed E-state index contributed by atoms with van der Waals surface area (Å²) in [7, 11) is 0. The van der Waals surface area contributed by atoms with E-state index >= 15 is 0 Å². The van der Waals surface area contributed by atoms with Gasteiger partial charge >= 0.3 is 12.5 Å². The van der Waals surface area contributed by atoms with E-state index in [4.69, 9.17) is 4.74 Å². The number of halogens is 11. The topological polar surface area (TPSA) is 27.7 Å². The molecule has 0 saturated carbocycles. The molecule has 42 heavy (non-hydrogen) atoms. The lowest BCUT2D eigenvalue weighted by molar-refractivity contribution is -0.276. The van der Waals surface area contributed by atoms with Crippen molar-refractivity contribution in [3.05, 3.63) is 101 Å². The van der Waals surface area contributed by atoms with Crippen molar-refractivity contribution in [1.29, 1.82) is 0 Å². The SMILES string of the molecule is Cc1ccc(OCC(F)(F)Oc2cc(F)c(-c3ccc(-c4cc(F)c(OC(F)(F)F)c(F)c4)c(F)c3)c(F)c2)c(F)c1. The summed E-state index contributed by atoms with van der Waals surface area (Å²) in [6.45, 7) is 0.0380. The summed E-state index contributed by atoms with van der Waals surface area (Å²) in [6, 6.07) is 7.28. The highest BCUT2D eigenvalue weighted by Gasteiger charge is 2.35. The second-order valence-corrected chi connectivity index (χ2v) is 8.74. The fourth-order valence-corrected chi connectivity index (χ4v) is 3.80. The molecule has 0 aliphatic carbocycles. The Morgan fingerprint density at radius 3 is 1.74 bits per heavy atom. The maximum Gasteiger partial charge on any atom is 0.573 e. The van der Waals surface area contributed by atoms with Crippen LogP contribution in [-0.4, -0.2) is 19.1 Å². The predicted octanol–water partition coefficient (Wildman–Crippen LogP) is 9.11.